The number of rotatable bonds is 5. The van der Waals surface area contributed by atoms with Gasteiger partial charge in [-0.15, -0.1) is 0 Å². The molecule has 0 aliphatic carbocycles. The second-order valence-electron chi connectivity index (χ2n) is 5.68. The molecule has 1 N–H and O–H groups in total. The van der Waals surface area contributed by atoms with Crippen LogP contribution in [0.25, 0.3) is 0 Å². The molecule has 3 amide bonds. The molecule has 3 rings (SSSR count). The molecule has 1 atom stereocenters. The molecule has 26 heavy (non-hydrogen) atoms. The number of aryl methyl sites for hydroxylation is 1. The molecule has 0 saturated carbocycles. The minimum Gasteiger partial charge on any atom is -0.454 e. The first-order valence-corrected chi connectivity index (χ1v) is 7.75. The van der Waals surface area contributed by atoms with E-state index in [9.17, 15) is 19.2 Å². The van der Waals surface area contributed by atoms with E-state index in [2.05, 4.69) is 10.5 Å². The smallest absolute Gasteiger partial charge is 0.329 e. The third kappa shape index (κ3) is 3.18. The monoisotopic (exact) mass is 357 g/mol. The van der Waals surface area contributed by atoms with Gasteiger partial charge >= 0.3 is 5.97 Å². The maximum absolute atomic E-state index is 12.3. The van der Waals surface area contributed by atoms with E-state index in [1.807, 2.05) is 0 Å². The van der Waals surface area contributed by atoms with E-state index < -0.39 is 36.3 Å². The van der Waals surface area contributed by atoms with E-state index >= 15 is 0 Å². The summed E-state index contributed by atoms with van der Waals surface area (Å²) in [4.78, 5) is 49.4. The molecular formula is C17H15N3O6. The van der Waals surface area contributed by atoms with Gasteiger partial charge in [0.2, 0.25) is 0 Å². The highest BCUT2D eigenvalue weighted by molar-refractivity contribution is 6.22. The van der Waals surface area contributed by atoms with Crippen LogP contribution in [0.5, 0.6) is 0 Å². The van der Waals surface area contributed by atoms with Crippen molar-refractivity contribution in [1.29, 1.82) is 0 Å². The number of carbonyl (C=O) groups excluding carboxylic acids is 4. The van der Waals surface area contributed by atoms with Crippen molar-refractivity contribution >= 4 is 29.5 Å². The molecule has 1 aliphatic heterocycles. The summed E-state index contributed by atoms with van der Waals surface area (Å²) < 4.78 is 9.69. The fourth-order valence-electron chi connectivity index (χ4n) is 2.53. The molecule has 0 bridgehead atoms. The lowest BCUT2D eigenvalue weighted by Crippen LogP contribution is -2.44. The van der Waals surface area contributed by atoms with Crippen LogP contribution in [0.1, 0.15) is 33.4 Å². The lowest BCUT2D eigenvalue weighted by Gasteiger charge is -2.20. The maximum Gasteiger partial charge on any atom is 0.329 e. The van der Waals surface area contributed by atoms with E-state index in [0.717, 1.165) is 4.90 Å². The van der Waals surface area contributed by atoms with Crippen molar-refractivity contribution in [1.82, 2.24) is 10.1 Å². The van der Waals surface area contributed by atoms with Gasteiger partial charge in [-0.3, -0.25) is 19.3 Å². The normalized spacial score (nSPS) is 14.2. The summed E-state index contributed by atoms with van der Waals surface area (Å²) in [6.45, 7) is 2.44. The maximum atomic E-state index is 12.3. The predicted octanol–water partition coefficient (Wildman–Crippen LogP) is 1.15. The molecule has 0 fully saturated rings. The molecule has 0 radical (unpaired) electrons. The Labute approximate surface area is 147 Å². The molecular weight excluding hydrogens is 342 g/mol. The van der Waals surface area contributed by atoms with Crippen molar-refractivity contribution in [3.63, 3.8) is 0 Å². The number of benzene rings is 1. The zero-order chi connectivity index (χ0) is 18.8. The minimum absolute atomic E-state index is 0.192. The summed E-state index contributed by atoms with van der Waals surface area (Å²) in [7, 11) is 0. The van der Waals surface area contributed by atoms with Gasteiger partial charge < -0.3 is 14.6 Å². The second kappa shape index (κ2) is 6.79. The Morgan fingerprint density at radius 1 is 1.23 bits per heavy atom. The number of fused-ring (bicyclic) bond motifs is 1. The van der Waals surface area contributed by atoms with Gasteiger partial charge in [0.05, 0.1) is 11.1 Å². The van der Waals surface area contributed by atoms with Gasteiger partial charge in [-0.25, -0.2) is 4.79 Å². The molecule has 1 aromatic heterocycles. The van der Waals surface area contributed by atoms with Gasteiger partial charge in [0, 0.05) is 6.07 Å². The number of ether oxygens (including phenoxy) is 1. The van der Waals surface area contributed by atoms with Crippen molar-refractivity contribution < 1.29 is 28.4 Å². The first kappa shape index (κ1) is 17.3. The fraction of sp³-hybridized carbons (Fsp3) is 0.235. The van der Waals surface area contributed by atoms with E-state index in [1.54, 1.807) is 19.1 Å². The molecule has 2 aromatic rings. The summed E-state index contributed by atoms with van der Waals surface area (Å²) in [5.74, 6) is -1.93. The SMILES string of the molecule is Cc1cc(NC(=O)COC(=O)[C@@H](C)N2C(=O)c3ccccc3C2=O)no1. The number of carbonyl (C=O) groups is 4. The van der Waals surface area contributed by atoms with Crippen LogP contribution in [0.3, 0.4) is 0 Å². The Kier molecular flexibility index (Phi) is 4.53. The van der Waals surface area contributed by atoms with Gasteiger partial charge in [0.15, 0.2) is 12.4 Å². The predicted molar refractivity (Wildman–Crippen MR) is 87.2 cm³/mol. The largest absolute Gasteiger partial charge is 0.454 e. The molecule has 1 aliphatic rings. The molecule has 0 unspecified atom stereocenters. The third-order valence-corrected chi connectivity index (χ3v) is 3.79. The van der Waals surface area contributed by atoms with Gasteiger partial charge in [-0.05, 0) is 26.0 Å². The Morgan fingerprint density at radius 2 is 1.85 bits per heavy atom. The minimum atomic E-state index is -1.16. The number of aromatic nitrogens is 1. The number of hydrogen-bond acceptors (Lipinski definition) is 7. The highest BCUT2D eigenvalue weighted by Gasteiger charge is 2.41. The van der Waals surface area contributed by atoms with Gasteiger partial charge in [-0.1, -0.05) is 17.3 Å². The summed E-state index contributed by atoms with van der Waals surface area (Å²) in [5.41, 5.74) is 0.465. The van der Waals surface area contributed by atoms with E-state index in [4.69, 9.17) is 9.26 Å². The Morgan fingerprint density at radius 3 is 2.38 bits per heavy atom. The zero-order valence-corrected chi connectivity index (χ0v) is 14.0. The number of amides is 3. The summed E-state index contributed by atoms with van der Waals surface area (Å²) in [6.07, 6.45) is 0. The van der Waals surface area contributed by atoms with Crippen molar-refractivity contribution in [2.45, 2.75) is 19.9 Å². The molecule has 2 heterocycles. The second-order valence-corrected chi connectivity index (χ2v) is 5.68. The average molecular weight is 357 g/mol. The Bertz CT molecular complexity index is 868. The van der Waals surface area contributed by atoms with Crippen molar-refractivity contribution in [2.75, 3.05) is 11.9 Å². The van der Waals surface area contributed by atoms with Crippen LogP contribution in [0, 0.1) is 6.92 Å². The van der Waals surface area contributed by atoms with Crippen molar-refractivity contribution in [2.24, 2.45) is 0 Å². The van der Waals surface area contributed by atoms with Crippen LogP contribution in [0.15, 0.2) is 34.9 Å². The first-order valence-electron chi connectivity index (χ1n) is 7.75. The van der Waals surface area contributed by atoms with E-state index in [-0.39, 0.29) is 16.9 Å². The van der Waals surface area contributed by atoms with Crippen LogP contribution in [-0.2, 0) is 14.3 Å². The van der Waals surface area contributed by atoms with E-state index in [0.29, 0.717) is 5.76 Å². The van der Waals surface area contributed by atoms with Gasteiger partial charge in [0.25, 0.3) is 17.7 Å². The fourth-order valence-corrected chi connectivity index (χ4v) is 2.53. The number of anilines is 1. The quantitative estimate of drug-likeness (QED) is 0.630. The van der Waals surface area contributed by atoms with Crippen LogP contribution in [-0.4, -0.2) is 46.4 Å². The molecule has 134 valence electrons. The Balaban J connectivity index is 1.59. The molecule has 9 heteroatoms. The molecule has 0 saturated heterocycles. The zero-order valence-electron chi connectivity index (χ0n) is 14.0. The summed E-state index contributed by atoms with van der Waals surface area (Å²) >= 11 is 0. The number of imide groups is 1. The average Bonchev–Trinajstić information content (AvgIpc) is 3.14. The van der Waals surface area contributed by atoms with Crippen LogP contribution in [0.2, 0.25) is 0 Å². The number of esters is 1. The van der Waals surface area contributed by atoms with E-state index in [1.165, 1.54) is 25.1 Å². The summed E-state index contributed by atoms with van der Waals surface area (Å²) in [6, 6.07) is 6.63. The highest BCUT2D eigenvalue weighted by atomic mass is 16.5. The van der Waals surface area contributed by atoms with Crippen LogP contribution in [0.4, 0.5) is 5.82 Å². The Hall–Kier alpha value is -3.49. The van der Waals surface area contributed by atoms with Gasteiger partial charge in [-0.2, -0.15) is 0 Å². The molecule has 0 spiro atoms. The molecule has 1 aromatic carbocycles. The third-order valence-electron chi connectivity index (χ3n) is 3.79. The topological polar surface area (TPSA) is 119 Å². The standard InChI is InChI=1S/C17H15N3O6/c1-9-7-13(19-26-9)18-14(21)8-25-17(24)10(2)20-15(22)11-5-3-4-6-12(11)16(20)23/h3-7,10H,8H2,1-2H3,(H,18,19,21)/t10-/m1/s1. The summed E-state index contributed by atoms with van der Waals surface area (Å²) in [5, 5.41) is 5.97. The first-order chi connectivity index (χ1) is 12.4. The lowest BCUT2D eigenvalue weighted by molar-refractivity contribution is -0.150. The number of nitrogens with one attached hydrogen (secondary N) is 1. The lowest BCUT2D eigenvalue weighted by atomic mass is 10.1. The van der Waals surface area contributed by atoms with Crippen molar-refractivity contribution in [3.8, 4) is 0 Å². The highest BCUT2D eigenvalue weighted by Crippen LogP contribution is 2.24. The van der Waals surface area contributed by atoms with Crippen LogP contribution < -0.4 is 5.32 Å². The van der Waals surface area contributed by atoms with Crippen molar-refractivity contribution in [3.05, 3.63) is 47.2 Å². The molecule has 9 nitrogen and oxygen atoms in total. The van der Waals surface area contributed by atoms with Crippen LogP contribution >= 0.6 is 0 Å². The van der Waals surface area contributed by atoms with Gasteiger partial charge in [0.1, 0.15) is 11.8 Å². The number of hydrogen-bond donors (Lipinski definition) is 1. The number of nitrogens with zero attached hydrogens (tertiary/aromatic N) is 2.